The molecule has 1 aliphatic heterocycles. The highest BCUT2D eigenvalue weighted by atomic mass is 16.4. The fourth-order valence-corrected chi connectivity index (χ4v) is 1.99. The molecule has 1 aliphatic rings. The standard InChI is InChI=1S/C10H19NO2/c1-7(2)5-8-3-4-9(10(12)13)11-6-8/h7-9,11H,3-6H2,1-2H3,(H,12,13). The van der Waals surface area contributed by atoms with Crippen LogP contribution in [-0.2, 0) is 4.79 Å². The lowest BCUT2D eigenvalue weighted by atomic mass is 9.88. The third-order valence-electron chi connectivity index (χ3n) is 2.62. The molecule has 2 atom stereocenters. The van der Waals surface area contributed by atoms with E-state index >= 15 is 0 Å². The van der Waals surface area contributed by atoms with Crippen molar-refractivity contribution >= 4 is 5.97 Å². The fraction of sp³-hybridized carbons (Fsp3) is 0.900. The Bertz CT molecular complexity index is 172. The van der Waals surface area contributed by atoms with Gasteiger partial charge in [0.2, 0.25) is 0 Å². The Morgan fingerprint density at radius 2 is 2.23 bits per heavy atom. The smallest absolute Gasteiger partial charge is 0.320 e. The first-order valence-corrected chi connectivity index (χ1v) is 5.05. The molecule has 0 radical (unpaired) electrons. The summed E-state index contributed by atoms with van der Waals surface area (Å²) in [5.74, 6) is 0.687. The summed E-state index contributed by atoms with van der Waals surface area (Å²) < 4.78 is 0. The molecule has 3 nitrogen and oxygen atoms in total. The van der Waals surface area contributed by atoms with Crippen molar-refractivity contribution in [1.82, 2.24) is 5.32 Å². The van der Waals surface area contributed by atoms with E-state index in [0.717, 1.165) is 19.4 Å². The van der Waals surface area contributed by atoms with Gasteiger partial charge in [0.1, 0.15) is 6.04 Å². The van der Waals surface area contributed by atoms with Crippen LogP contribution in [0.25, 0.3) is 0 Å². The lowest BCUT2D eigenvalue weighted by molar-refractivity contribution is -0.140. The van der Waals surface area contributed by atoms with E-state index in [1.807, 2.05) is 0 Å². The Labute approximate surface area is 79.5 Å². The van der Waals surface area contributed by atoms with Crippen molar-refractivity contribution in [1.29, 1.82) is 0 Å². The highest BCUT2D eigenvalue weighted by Crippen LogP contribution is 2.21. The van der Waals surface area contributed by atoms with E-state index in [1.165, 1.54) is 6.42 Å². The Morgan fingerprint density at radius 3 is 2.62 bits per heavy atom. The SMILES string of the molecule is CC(C)CC1CCC(C(=O)O)NC1. The van der Waals surface area contributed by atoms with Gasteiger partial charge in [-0.25, -0.2) is 0 Å². The second kappa shape index (κ2) is 4.61. The normalized spacial score (nSPS) is 29.2. The van der Waals surface area contributed by atoms with Gasteiger partial charge < -0.3 is 10.4 Å². The number of nitrogens with one attached hydrogen (secondary N) is 1. The molecule has 13 heavy (non-hydrogen) atoms. The first-order valence-electron chi connectivity index (χ1n) is 5.05. The van der Waals surface area contributed by atoms with Crippen LogP contribution in [0.2, 0.25) is 0 Å². The highest BCUT2D eigenvalue weighted by molar-refractivity contribution is 5.73. The minimum Gasteiger partial charge on any atom is -0.480 e. The number of carboxylic acids is 1. The van der Waals surface area contributed by atoms with Crippen LogP contribution in [0.1, 0.15) is 33.1 Å². The predicted molar refractivity (Wildman–Crippen MR) is 51.6 cm³/mol. The summed E-state index contributed by atoms with van der Waals surface area (Å²) in [7, 11) is 0. The summed E-state index contributed by atoms with van der Waals surface area (Å²) in [5, 5.41) is 11.8. The number of piperidine rings is 1. The van der Waals surface area contributed by atoms with E-state index in [2.05, 4.69) is 19.2 Å². The van der Waals surface area contributed by atoms with Gasteiger partial charge in [0.15, 0.2) is 0 Å². The van der Waals surface area contributed by atoms with E-state index in [9.17, 15) is 4.79 Å². The molecular formula is C10H19NO2. The Balaban J connectivity index is 2.26. The topological polar surface area (TPSA) is 49.3 Å². The minimum absolute atomic E-state index is 0.302. The number of carboxylic acid groups (broad SMARTS) is 1. The Morgan fingerprint density at radius 1 is 1.54 bits per heavy atom. The number of hydrogen-bond donors (Lipinski definition) is 2. The molecule has 2 N–H and O–H groups in total. The zero-order chi connectivity index (χ0) is 9.84. The molecule has 2 unspecified atom stereocenters. The minimum atomic E-state index is -0.706. The highest BCUT2D eigenvalue weighted by Gasteiger charge is 2.25. The average molecular weight is 185 g/mol. The summed E-state index contributed by atoms with van der Waals surface area (Å²) in [6, 6.07) is -0.302. The van der Waals surface area contributed by atoms with Crippen LogP contribution >= 0.6 is 0 Å². The van der Waals surface area contributed by atoms with Crippen molar-refractivity contribution in [2.75, 3.05) is 6.54 Å². The molecule has 1 rings (SSSR count). The molecule has 0 bridgehead atoms. The van der Waals surface area contributed by atoms with Crippen LogP contribution in [-0.4, -0.2) is 23.7 Å². The van der Waals surface area contributed by atoms with Gasteiger partial charge in [-0.3, -0.25) is 4.79 Å². The molecule has 1 saturated heterocycles. The molecule has 1 heterocycles. The third-order valence-corrected chi connectivity index (χ3v) is 2.62. The van der Waals surface area contributed by atoms with E-state index < -0.39 is 5.97 Å². The molecule has 0 aliphatic carbocycles. The fourth-order valence-electron chi connectivity index (χ4n) is 1.99. The Hall–Kier alpha value is -0.570. The van der Waals surface area contributed by atoms with Crippen LogP contribution in [0, 0.1) is 11.8 Å². The molecular weight excluding hydrogens is 166 g/mol. The summed E-state index contributed by atoms with van der Waals surface area (Å²) in [5.41, 5.74) is 0. The summed E-state index contributed by atoms with van der Waals surface area (Å²) >= 11 is 0. The molecule has 0 amide bonds. The van der Waals surface area contributed by atoms with Gasteiger partial charge in [0.25, 0.3) is 0 Å². The number of hydrogen-bond acceptors (Lipinski definition) is 2. The van der Waals surface area contributed by atoms with E-state index in [0.29, 0.717) is 11.8 Å². The second-order valence-electron chi connectivity index (χ2n) is 4.37. The van der Waals surface area contributed by atoms with Gasteiger partial charge in [-0.15, -0.1) is 0 Å². The van der Waals surface area contributed by atoms with Crippen molar-refractivity contribution in [3.05, 3.63) is 0 Å². The lowest BCUT2D eigenvalue weighted by Crippen LogP contribution is -2.44. The number of aliphatic carboxylic acids is 1. The maximum Gasteiger partial charge on any atom is 0.320 e. The van der Waals surface area contributed by atoms with Crippen molar-refractivity contribution in [2.24, 2.45) is 11.8 Å². The number of rotatable bonds is 3. The summed E-state index contributed by atoms with van der Waals surface area (Å²) in [6.07, 6.45) is 3.05. The van der Waals surface area contributed by atoms with Gasteiger partial charge >= 0.3 is 5.97 Å². The first kappa shape index (κ1) is 10.5. The van der Waals surface area contributed by atoms with Crippen LogP contribution in [0.15, 0.2) is 0 Å². The largest absolute Gasteiger partial charge is 0.480 e. The average Bonchev–Trinajstić information content (AvgIpc) is 2.04. The van der Waals surface area contributed by atoms with Crippen LogP contribution < -0.4 is 5.32 Å². The van der Waals surface area contributed by atoms with Crippen LogP contribution in [0.4, 0.5) is 0 Å². The summed E-state index contributed by atoms with van der Waals surface area (Å²) in [6.45, 7) is 5.29. The maximum absolute atomic E-state index is 10.6. The quantitative estimate of drug-likeness (QED) is 0.700. The van der Waals surface area contributed by atoms with Crippen molar-refractivity contribution in [2.45, 2.75) is 39.2 Å². The maximum atomic E-state index is 10.6. The molecule has 0 aromatic carbocycles. The van der Waals surface area contributed by atoms with Gasteiger partial charge in [-0.1, -0.05) is 13.8 Å². The first-order chi connectivity index (χ1) is 6.09. The molecule has 0 aromatic rings. The molecule has 0 saturated carbocycles. The zero-order valence-corrected chi connectivity index (χ0v) is 8.42. The number of carbonyl (C=O) groups is 1. The predicted octanol–water partition coefficient (Wildman–Crippen LogP) is 1.49. The van der Waals surface area contributed by atoms with E-state index in [1.54, 1.807) is 0 Å². The van der Waals surface area contributed by atoms with Gasteiger partial charge in [-0.05, 0) is 37.6 Å². The molecule has 3 heteroatoms. The van der Waals surface area contributed by atoms with Crippen LogP contribution in [0.5, 0.6) is 0 Å². The van der Waals surface area contributed by atoms with Crippen molar-refractivity contribution < 1.29 is 9.90 Å². The van der Waals surface area contributed by atoms with Gasteiger partial charge in [0.05, 0.1) is 0 Å². The summed E-state index contributed by atoms with van der Waals surface area (Å²) in [4.78, 5) is 10.6. The second-order valence-corrected chi connectivity index (χ2v) is 4.37. The molecule has 0 spiro atoms. The third kappa shape index (κ3) is 3.35. The van der Waals surface area contributed by atoms with E-state index in [4.69, 9.17) is 5.11 Å². The zero-order valence-electron chi connectivity index (χ0n) is 8.42. The van der Waals surface area contributed by atoms with Gasteiger partial charge in [-0.2, -0.15) is 0 Å². The van der Waals surface area contributed by atoms with Crippen LogP contribution in [0.3, 0.4) is 0 Å². The molecule has 0 aromatic heterocycles. The van der Waals surface area contributed by atoms with Gasteiger partial charge in [0, 0.05) is 0 Å². The molecule has 76 valence electrons. The monoisotopic (exact) mass is 185 g/mol. The van der Waals surface area contributed by atoms with Crippen molar-refractivity contribution in [3.63, 3.8) is 0 Å². The molecule has 1 fully saturated rings. The van der Waals surface area contributed by atoms with E-state index in [-0.39, 0.29) is 6.04 Å². The Kier molecular flexibility index (Phi) is 3.72. The lowest BCUT2D eigenvalue weighted by Gasteiger charge is -2.28. The van der Waals surface area contributed by atoms with Crippen molar-refractivity contribution in [3.8, 4) is 0 Å².